The average molecular weight is 358 g/mol. The van der Waals surface area contributed by atoms with Crippen LogP contribution in [0.3, 0.4) is 0 Å². The van der Waals surface area contributed by atoms with Crippen molar-refractivity contribution >= 4 is 11.9 Å². The van der Waals surface area contributed by atoms with Crippen molar-refractivity contribution in [2.75, 3.05) is 0 Å². The normalized spacial score (nSPS) is 43.7. The quantitative estimate of drug-likeness (QED) is 0.425. The molecule has 4 saturated carbocycles. The Labute approximate surface area is 155 Å². The van der Waals surface area contributed by atoms with Crippen LogP contribution in [0.4, 0.5) is 0 Å². The molecule has 5 aliphatic rings. The zero-order chi connectivity index (χ0) is 17.8. The lowest BCUT2D eigenvalue weighted by Gasteiger charge is -2.36. The Morgan fingerprint density at radius 1 is 1.04 bits per heavy atom. The van der Waals surface area contributed by atoms with Crippen LogP contribution < -0.4 is 0 Å². The molecule has 0 amide bonds. The Morgan fingerprint density at radius 2 is 1.77 bits per heavy atom. The van der Waals surface area contributed by atoms with Gasteiger partial charge in [0.15, 0.2) is 6.10 Å². The van der Waals surface area contributed by atoms with Gasteiger partial charge in [-0.25, -0.2) is 4.79 Å². The topological polar surface area (TPSA) is 52.6 Å². The fourth-order valence-corrected chi connectivity index (χ4v) is 7.06. The monoisotopic (exact) mass is 358 g/mol. The summed E-state index contributed by atoms with van der Waals surface area (Å²) in [5.74, 6) is 3.64. The van der Waals surface area contributed by atoms with E-state index in [1.807, 2.05) is 6.92 Å². The molecule has 8 atom stereocenters. The summed E-state index contributed by atoms with van der Waals surface area (Å²) in [7, 11) is 0. The molecule has 4 heteroatoms. The maximum Gasteiger partial charge on any atom is 0.347 e. The van der Waals surface area contributed by atoms with Crippen molar-refractivity contribution in [1.82, 2.24) is 0 Å². The van der Waals surface area contributed by atoms with Gasteiger partial charge in [-0.05, 0) is 86.9 Å². The number of fused-ring (bicyclic) bond motifs is 9. The van der Waals surface area contributed by atoms with Crippen LogP contribution in [0.15, 0.2) is 12.2 Å². The minimum absolute atomic E-state index is 0.00216. The van der Waals surface area contributed by atoms with Crippen LogP contribution >= 0.6 is 0 Å². The molecular formula is C22H30O4. The van der Waals surface area contributed by atoms with Crippen molar-refractivity contribution in [2.24, 2.45) is 41.4 Å². The summed E-state index contributed by atoms with van der Waals surface area (Å²) in [6.07, 6.45) is 12.2. The van der Waals surface area contributed by atoms with Crippen LogP contribution in [-0.4, -0.2) is 24.1 Å². The summed E-state index contributed by atoms with van der Waals surface area (Å²) in [5, 5.41) is 0. The Balaban J connectivity index is 1.21. The van der Waals surface area contributed by atoms with Gasteiger partial charge in [-0.15, -0.1) is 0 Å². The van der Waals surface area contributed by atoms with Crippen molar-refractivity contribution < 1.29 is 19.1 Å². The third kappa shape index (κ3) is 2.55. The number of carbonyl (C=O) groups excluding carboxylic acids is 2. The first-order chi connectivity index (χ1) is 12.7. The summed E-state index contributed by atoms with van der Waals surface area (Å²) in [5.41, 5.74) is 0. The van der Waals surface area contributed by atoms with Crippen LogP contribution in [0, 0.1) is 41.4 Å². The Kier molecular flexibility index (Phi) is 4.13. The van der Waals surface area contributed by atoms with Gasteiger partial charge < -0.3 is 9.47 Å². The van der Waals surface area contributed by atoms with E-state index in [0.717, 1.165) is 43.9 Å². The Hall–Kier alpha value is -1.32. The van der Waals surface area contributed by atoms with Crippen molar-refractivity contribution in [3.63, 3.8) is 0 Å². The Morgan fingerprint density at radius 3 is 2.50 bits per heavy atom. The van der Waals surface area contributed by atoms with Gasteiger partial charge in [-0.3, -0.25) is 4.79 Å². The van der Waals surface area contributed by atoms with Gasteiger partial charge in [0, 0.05) is 0 Å². The summed E-state index contributed by atoms with van der Waals surface area (Å²) < 4.78 is 11.3. The molecule has 4 nitrogen and oxygen atoms in total. The number of esters is 2. The molecule has 4 bridgehead atoms. The molecule has 0 saturated heterocycles. The fraction of sp³-hybridized carbons (Fsp3) is 0.818. The maximum absolute atomic E-state index is 12.9. The van der Waals surface area contributed by atoms with E-state index in [4.69, 9.17) is 9.47 Å². The molecule has 5 rings (SSSR count). The molecule has 26 heavy (non-hydrogen) atoms. The first-order valence-corrected chi connectivity index (χ1v) is 10.7. The number of hydrogen-bond donors (Lipinski definition) is 0. The van der Waals surface area contributed by atoms with E-state index in [9.17, 15) is 9.59 Å². The molecule has 0 aliphatic heterocycles. The second-order valence-corrected chi connectivity index (χ2v) is 9.28. The highest BCUT2D eigenvalue weighted by Crippen LogP contribution is 2.67. The van der Waals surface area contributed by atoms with Crippen LogP contribution in [0.2, 0.25) is 0 Å². The second-order valence-electron chi connectivity index (χ2n) is 9.28. The minimum atomic E-state index is -0.724. The van der Waals surface area contributed by atoms with Gasteiger partial charge in [0.05, 0.1) is 5.92 Å². The number of carbonyl (C=O) groups is 2. The van der Waals surface area contributed by atoms with Gasteiger partial charge in [0.2, 0.25) is 0 Å². The summed E-state index contributed by atoms with van der Waals surface area (Å²) in [6, 6.07) is 0. The lowest BCUT2D eigenvalue weighted by Crippen LogP contribution is -2.38. The first kappa shape index (κ1) is 16.8. The highest BCUT2D eigenvalue weighted by molar-refractivity contribution is 5.81. The molecule has 0 aromatic carbocycles. The van der Waals surface area contributed by atoms with Crippen molar-refractivity contribution in [3.8, 4) is 0 Å². The number of hydrogen-bond acceptors (Lipinski definition) is 4. The molecule has 8 unspecified atom stereocenters. The van der Waals surface area contributed by atoms with E-state index in [2.05, 4.69) is 12.2 Å². The SMILES string of the molecule is CCC(OC(=O)C1CC2CC1C1C3C=CC(C3)C21)C(=O)OC1CCCC1. The van der Waals surface area contributed by atoms with Crippen molar-refractivity contribution in [1.29, 1.82) is 0 Å². The van der Waals surface area contributed by atoms with Crippen molar-refractivity contribution in [2.45, 2.75) is 70.5 Å². The zero-order valence-corrected chi connectivity index (χ0v) is 15.6. The summed E-state index contributed by atoms with van der Waals surface area (Å²) in [4.78, 5) is 25.3. The van der Waals surface area contributed by atoms with E-state index >= 15 is 0 Å². The minimum Gasteiger partial charge on any atom is -0.460 e. The average Bonchev–Trinajstić information content (AvgIpc) is 3.44. The zero-order valence-electron chi connectivity index (χ0n) is 15.6. The first-order valence-electron chi connectivity index (χ1n) is 10.7. The highest BCUT2D eigenvalue weighted by atomic mass is 16.6. The molecule has 0 aromatic rings. The van der Waals surface area contributed by atoms with Crippen LogP contribution in [0.25, 0.3) is 0 Å². The predicted molar refractivity (Wildman–Crippen MR) is 95.9 cm³/mol. The standard InChI is InChI=1S/C22H30O4/c1-2-18(22(24)25-15-5-3-4-6-15)26-21(23)17-11-14-10-16(17)20-13-8-7-12(9-13)19(14)20/h7-8,12-20H,2-6,9-11H2,1H3. The number of rotatable bonds is 5. The molecule has 0 aromatic heterocycles. The van der Waals surface area contributed by atoms with Gasteiger partial charge in [-0.2, -0.15) is 0 Å². The predicted octanol–water partition coefficient (Wildman–Crippen LogP) is 3.89. The number of allylic oxidation sites excluding steroid dienone is 2. The van der Waals surface area contributed by atoms with E-state index in [1.165, 1.54) is 12.8 Å². The van der Waals surface area contributed by atoms with Gasteiger partial charge in [-0.1, -0.05) is 19.1 Å². The van der Waals surface area contributed by atoms with E-state index in [-0.39, 0.29) is 24.0 Å². The van der Waals surface area contributed by atoms with Crippen LogP contribution in [0.1, 0.15) is 58.3 Å². The maximum atomic E-state index is 12.9. The van der Waals surface area contributed by atoms with Crippen LogP contribution in [-0.2, 0) is 19.1 Å². The van der Waals surface area contributed by atoms with Gasteiger partial charge >= 0.3 is 11.9 Å². The molecule has 0 heterocycles. The molecule has 0 radical (unpaired) electrons. The molecule has 0 spiro atoms. The molecule has 4 fully saturated rings. The molecule has 5 aliphatic carbocycles. The lowest BCUT2D eigenvalue weighted by molar-refractivity contribution is -0.175. The third-order valence-electron chi connectivity index (χ3n) is 8.05. The van der Waals surface area contributed by atoms with Gasteiger partial charge in [0.1, 0.15) is 6.10 Å². The lowest BCUT2D eigenvalue weighted by atomic mass is 9.69. The van der Waals surface area contributed by atoms with Crippen LogP contribution in [0.5, 0.6) is 0 Å². The van der Waals surface area contributed by atoms with E-state index in [0.29, 0.717) is 30.1 Å². The van der Waals surface area contributed by atoms with E-state index in [1.54, 1.807) is 0 Å². The molecule has 142 valence electrons. The smallest absolute Gasteiger partial charge is 0.347 e. The summed E-state index contributed by atoms with van der Waals surface area (Å²) in [6.45, 7) is 1.89. The number of ether oxygens (including phenoxy) is 2. The fourth-order valence-electron chi connectivity index (χ4n) is 7.06. The third-order valence-corrected chi connectivity index (χ3v) is 8.05. The Bertz CT molecular complexity index is 620. The molecular weight excluding hydrogens is 328 g/mol. The van der Waals surface area contributed by atoms with E-state index < -0.39 is 6.10 Å². The molecule has 0 N–H and O–H groups in total. The van der Waals surface area contributed by atoms with Gasteiger partial charge in [0.25, 0.3) is 0 Å². The largest absolute Gasteiger partial charge is 0.460 e. The summed E-state index contributed by atoms with van der Waals surface area (Å²) >= 11 is 0. The van der Waals surface area contributed by atoms with Crippen molar-refractivity contribution in [3.05, 3.63) is 12.2 Å². The highest BCUT2D eigenvalue weighted by Gasteiger charge is 2.62. The second kappa shape index (κ2) is 6.38.